The molecular weight excluding hydrogens is 182 g/mol. The van der Waals surface area contributed by atoms with Gasteiger partial charge in [-0.1, -0.05) is 12.3 Å². The summed E-state index contributed by atoms with van der Waals surface area (Å²) >= 11 is 0. The molecule has 2 N–H and O–H groups in total. The lowest BCUT2D eigenvalue weighted by atomic mass is 9.68. The second-order valence-electron chi connectivity index (χ2n) is 3.60. The summed E-state index contributed by atoms with van der Waals surface area (Å²) in [7, 11) is 0. The van der Waals surface area contributed by atoms with Gasteiger partial charge in [-0.3, -0.25) is 9.59 Å². The summed E-state index contributed by atoms with van der Waals surface area (Å²) in [5.41, 5.74) is -1.22. The summed E-state index contributed by atoms with van der Waals surface area (Å²) in [6.45, 7) is 1.64. The summed E-state index contributed by atoms with van der Waals surface area (Å²) in [4.78, 5) is 22.5. The van der Waals surface area contributed by atoms with Crippen molar-refractivity contribution in [1.29, 1.82) is 0 Å². The molecule has 0 radical (unpaired) electrons. The van der Waals surface area contributed by atoms with E-state index in [0.717, 1.165) is 6.42 Å². The molecule has 0 saturated heterocycles. The lowest BCUT2D eigenvalue weighted by Gasteiger charge is -2.36. The molecule has 0 aliphatic heterocycles. The number of rotatable bonds is 3. The Morgan fingerprint density at radius 2 is 2.14 bits per heavy atom. The van der Waals surface area contributed by atoms with Crippen LogP contribution in [0.15, 0.2) is 0 Å². The van der Waals surface area contributed by atoms with Gasteiger partial charge in [0.05, 0.1) is 6.04 Å². The number of carbonyl (C=O) groups is 2. The van der Waals surface area contributed by atoms with Gasteiger partial charge in [-0.25, -0.2) is 0 Å². The predicted octanol–water partition coefficient (Wildman–Crippen LogP) is 0.379. The normalized spacial score (nSPS) is 20.0. The molecule has 1 amide bonds. The average molecular weight is 195 g/mol. The van der Waals surface area contributed by atoms with Crippen molar-refractivity contribution in [3.05, 3.63) is 0 Å². The first-order valence-corrected chi connectivity index (χ1v) is 4.53. The van der Waals surface area contributed by atoms with Crippen molar-refractivity contribution >= 4 is 11.9 Å². The van der Waals surface area contributed by atoms with Crippen LogP contribution in [-0.4, -0.2) is 23.0 Å². The molecule has 1 fully saturated rings. The largest absolute Gasteiger partial charge is 0.480 e. The predicted molar refractivity (Wildman–Crippen MR) is 50.4 cm³/mol. The zero-order chi connectivity index (χ0) is 10.8. The molecule has 1 rings (SSSR count). The van der Waals surface area contributed by atoms with Crippen LogP contribution in [-0.2, 0) is 9.59 Å². The Morgan fingerprint density at radius 1 is 1.57 bits per heavy atom. The number of hydrogen-bond acceptors (Lipinski definition) is 2. The average Bonchev–Trinajstić information content (AvgIpc) is 2.00. The molecule has 0 spiro atoms. The first kappa shape index (κ1) is 10.6. The Bertz CT molecular complexity index is 299. The molecule has 1 atom stereocenters. The molecule has 1 unspecified atom stereocenters. The molecule has 4 nitrogen and oxygen atoms in total. The highest BCUT2D eigenvalue weighted by Gasteiger charge is 2.51. The van der Waals surface area contributed by atoms with E-state index in [-0.39, 0.29) is 0 Å². The minimum atomic E-state index is -1.22. The molecule has 1 aliphatic rings. The standard InChI is InChI=1S/C10H13NO3/c1-3-7(2)11-8(12)10(9(13)14)5-4-6-10/h1,7H,4-6H2,2H3,(H,11,12)(H,13,14). The zero-order valence-corrected chi connectivity index (χ0v) is 8.04. The number of amides is 1. The number of carbonyl (C=O) groups excluding carboxylic acids is 1. The second kappa shape index (κ2) is 3.70. The first-order chi connectivity index (χ1) is 6.53. The maximum Gasteiger partial charge on any atom is 0.319 e. The number of terminal acetylenes is 1. The van der Waals surface area contributed by atoms with Crippen LogP contribution in [0.1, 0.15) is 26.2 Å². The number of hydrogen-bond donors (Lipinski definition) is 2. The van der Waals surface area contributed by atoms with E-state index in [0.29, 0.717) is 12.8 Å². The molecule has 4 heteroatoms. The van der Waals surface area contributed by atoms with E-state index in [2.05, 4.69) is 11.2 Å². The summed E-state index contributed by atoms with van der Waals surface area (Å²) in [6.07, 6.45) is 6.69. The molecule has 1 aliphatic carbocycles. The van der Waals surface area contributed by atoms with Gasteiger partial charge in [0.1, 0.15) is 5.41 Å². The van der Waals surface area contributed by atoms with Crippen molar-refractivity contribution in [2.24, 2.45) is 5.41 Å². The van der Waals surface area contributed by atoms with Crippen LogP contribution >= 0.6 is 0 Å². The monoisotopic (exact) mass is 195 g/mol. The van der Waals surface area contributed by atoms with E-state index in [1.165, 1.54) is 0 Å². The Hall–Kier alpha value is -1.50. The highest BCUT2D eigenvalue weighted by Crippen LogP contribution is 2.41. The highest BCUT2D eigenvalue weighted by molar-refractivity contribution is 6.03. The Labute approximate surface area is 82.7 Å². The van der Waals surface area contributed by atoms with Crippen LogP contribution in [0.3, 0.4) is 0 Å². The molecule has 0 aromatic rings. The summed E-state index contributed by atoms with van der Waals surface area (Å²) in [5.74, 6) is 0.823. The Morgan fingerprint density at radius 3 is 2.43 bits per heavy atom. The van der Waals surface area contributed by atoms with Gasteiger partial charge in [0.25, 0.3) is 0 Å². The Kier molecular flexibility index (Phi) is 2.80. The molecule has 1 saturated carbocycles. The molecule has 0 heterocycles. The molecule has 76 valence electrons. The van der Waals surface area contributed by atoms with Gasteiger partial charge >= 0.3 is 5.97 Å². The molecular formula is C10H13NO3. The van der Waals surface area contributed by atoms with Crippen molar-refractivity contribution in [3.8, 4) is 12.3 Å². The van der Waals surface area contributed by atoms with Gasteiger partial charge in [-0.15, -0.1) is 6.42 Å². The maximum atomic E-state index is 11.6. The van der Waals surface area contributed by atoms with Crippen molar-refractivity contribution in [2.45, 2.75) is 32.2 Å². The van der Waals surface area contributed by atoms with E-state index < -0.39 is 23.3 Å². The quantitative estimate of drug-likeness (QED) is 0.505. The van der Waals surface area contributed by atoms with Crippen molar-refractivity contribution in [2.75, 3.05) is 0 Å². The zero-order valence-electron chi connectivity index (χ0n) is 8.04. The second-order valence-corrected chi connectivity index (χ2v) is 3.60. The van der Waals surface area contributed by atoms with Crippen LogP contribution in [0.4, 0.5) is 0 Å². The third-order valence-corrected chi connectivity index (χ3v) is 2.65. The SMILES string of the molecule is C#CC(C)NC(=O)C1(C(=O)O)CCC1. The van der Waals surface area contributed by atoms with Gasteiger partial charge in [0.15, 0.2) is 0 Å². The topological polar surface area (TPSA) is 66.4 Å². The van der Waals surface area contributed by atoms with Gasteiger partial charge in [0.2, 0.25) is 5.91 Å². The van der Waals surface area contributed by atoms with Gasteiger partial charge in [-0.05, 0) is 19.8 Å². The summed E-state index contributed by atoms with van der Waals surface area (Å²) in [6, 6.07) is -0.417. The van der Waals surface area contributed by atoms with Gasteiger partial charge in [0, 0.05) is 0 Å². The third kappa shape index (κ3) is 1.58. The third-order valence-electron chi connectivity index (χ3n) is 2.65. The van der Waals surface area contributed by atoms with Crippen molar-refractivity contribution in [1.82, 2.24) is 5.32 Å². The number of nitrogens with one attached hydrogen (secondary N) is 1. The fraction of sp³-hybridized carbons (Fsp3) is 0.600. The van der Waals surface area contributed by atoms with Crippen LogP contribution in [0.5, 0.6) is 0 Å². The molecule has 0 aromatic carbocycles. The van der Waals surface area contributed by atoms with Crippen molar-refractivity contribution < 1.29 is 14.7 Å². The minimum absolute atomic E-state index is 0.408. The van der Waals surface area contributed by atoms with Crippen LogP contribution < -0.4 is 5.32 Å². The number of carboxylic acids is 1. The lowest BCUT2D eigenvalue weighted by molar-refractivity contribution is -0.162. The smallest absolute Gasteiger partial charge is 0.319 e. The van der Waals surface area contributed by atoms with E-state index in [9.17, 15) is 9.59 Å². The summed E-state index contributed by atoms with van der Waals surface area (Å²) in [5, 5.41) is 11.4. The number of aliphatic carboxylic acids is 1. The van der Waals surface area contributed by atoms with E-state index >= 15 is 0 Å². The molecule has 0 aromatic heterocycles. The minimum Gasteiger partial charge on any atom is -0.480 e. The van der Waals surface area contributed by atoms with E-state index in [1.54, 1.807) is 6.92 Å². The Balaban J connectivity index is 2.68. The molecule has 14 heavy (non-hydrogen) atoms. The van der Waals surface area contributed by atoms with E-state index in [1.807, 2.05) is 0 Å². The summed E-state index contributed by atoms with van der Waals surface area (Å²) < 4.78 is 0. The molecule has 0 bridgehead atoms. The van der Waals surface area contributed by atoms with E-state index in [4.69, 9.17) is 11.5 Å². The maximum absolute atomic E-state index is 11.6. The fourth-order valence-corrected chi connectivity index (χ4v) is 1.44. The number of carboxylic acid groups (broad SMARTS) is 1. The lowest BCUT2D eigenvalue weighted by Crippen LogP contribution is -2.52. The first-order valence-electron chi connectivity index (χ1n) is 4.53. The van der Waals surface area contributed by atoms with Gasteiger partial charge in [-0.2, -0.15) is 0 Å². The van der Waals surface area contributed by atoms with Crippen molar-refractivity contribution in [3.63, 3.8) is 0 Å². The van der Waals surface area contributed by atoms with Crippen LogP contribution in [0.2, 0.25) is 0 Å². The van der Waals surface area contributed by atoms with Gasteiger partial charge < -0.3 is 10.4 Å². The van der Waals surface area contributed by atoms with Crippen LogP contribution in [0, 0.1) is 17.8 Å². The fourth-order valence-electron chi connectivity index (χ4n) is 1.44. The highest BCUT2D eigenvalue weighted by atomic mass is 16.4. The van der Waals surface area contributed by atoms with Crippen LogP contribution in [0.25, 0.3) is 0 Å².